The Morgan fingerprint density at radius 2 is 1.91 bits per heavy atom. The van der Waals surface area contributed by atoms with Crippen molar-refractivity contribution in [3.05, 3.63) is 84.0 Å². The van der Waals surface area contributed by atoms with E-state index in [9.17, 15) is 14.7 Å². The fourth-order valence-electron chi connectivity index (χ4n) is 4.08. The molecule has 4 rings (SSSR count). The summed E-state index contributed by atoms with van der Waals surface area (Å²) in [5.41, 5.74) is 2.49. The van der Waals surface area contributed by atoms with Crippen molar-refractivity contribution >= 4 is 23.4 Å². The number of ether oxygens (including phenoxy) is 3. The zero-order valence-corrected chi connectivity index (χ0v) is 20.9. The van der Waals surface area contributed by atoms with Crippen molar-refractivity contribution in [1.29, 1.82) is 0 Å². The molecule has 1 aromatic heterocycles. The van der Waals surface area contributed by atoms with Crippen LogP contribution in [-0.4, -0.2) is 36.5 Å². The van der Waals surface area contributed by atoms with E-state index in [1.165, 1.54) is 23.0 Å². The number of thiazole rings is 1. The number of aryl methyl sites for hydroxylation is 1. The monoisotopic (exact) mass is 494 g/mol. The lowest BCUT2D eigenvalue weighted by molar-refractivity contribution is -0.139. The summed E-state index contributed by atoms with van der Waals surface area (Å²) in [5.74, 6) is 0.349. The number of carbonyl (C=O) groups is 1. The van der Waals surface area contributed by atoms with Gasteiger partial charge in [0.15, 0.2) is 16.3 Å². The highest BCUT2D eigenvalue weighted by Gasteiger charge is 2.33. The lowest BCUT2D eigenvalue weighted by Gasteiger charge is -2.25. The molecule has 35 heavy (non-hydrogen) atoms. The number of phenolic OH excluding ortho intramolecular Hbond substituents is 1. The molecule has 1 atom stereocenters. The number of hydrogen-bond acceptors (Lipinski definition) is 8. The number of carbonyl (C=O) groups excluding carboxylic acids is 1. The van der Waals surface area contributed by atoms with Gasteiger partial charge in [-0.05, 0) is 50.1 Å². The Hall–Kier alpha value is -3.85. The Kier molecular flexibility index (Phi) is 6.79. The highest BCUT2D eigenvalue weighted by atomic mass is 32.1. The van der Waals surface area contributed by atoms with Crippen molar-refractivity contribution in [2.75, 3.05) is 20.8 Å². The third-order valence-corrected chi connectivity index (χ3v) is 6.78. The maximum atomic E-state index is 13.7. The predicted molar refractivity (Wildman–Crippen MR) is 133 cm³/mol. The van der Waals surface area contributed by atoms with Crippen molar-refractivity contribution in [3.63, 3.8) is 0 Å². The van der Waals surface area contributed by atoms with Gasteiger partial charge in [0.05, 0.1) is 42.7 Å². The standard InChI is InChI=1S/C26H26N2O6S/c1-6-34-25(31)21-15(3)27-26-28(22(21)16-11-10-14(2)19(12-16)33-5)24(30)20(35-26)13-17-8-7-9-18(32-4)23(17)29/h7-13,22,29H,6H2,1-5H3/b20-13+/t22-/m0/s1. The second-order valence-corrected chi connectivity index (χ2v) is 8.94. The first-order valence-corrected chi connectivity index (χ1v) is 11.8. The van der Waals surface area contributed by atoms with E-state index in [1.807, 2.05) is 25.1 Å². The van der Waals surface area contributed by atoms with E-state index in [0.29, 0.717) is 43.2 Å². The Labute approximate surface area is 206 Å². The summed E-state index contributed by atoms with van der Waals surface area (Å²) >= 11 is 1.18. The van der Waals surface area contributed by atoms with E-state index >= 15 is 0 Å². The summed E-state index contributed by atoms with van der Waals surface area (Å²) in [4.78, 5) is 31.7. The molecule has 0 unspecified atom stereocenters. The Morgan fingerprint density at radius 1 is 1.17 bits per heavy atom. The van der Waals surface area contributed by atoms with Crippen LogP contribution < -0.4 is 24.4 Å². The number of nitrogens with zero attached hydrogens (tertiary/aromatic N) is 2. The lowest BCUT2D eigenvalue weighted by Crippen LogP contribution is -2.40. The van der Waals surface area contributed by atoms with Crippen LogP contribution in [0.4, 0.5) is 0 Å². The van der Waals surface area contributed by atoms with Gasteiger partial charge in [-0.25, -0.2) is 9.79 Å². The number of phenols is 1. The fourth-order valence-corrected chi connectivity index (χ4v) is 5.11. The zero-order valence-electron chi connectivity index (χ0n) is 20.1. The molecule has 8 nitrogen and oxygen atoms in total. The second-order valence-electron chi connectivity index (χ2n) is 7.93. The van der Waals surface area contributed by atoms with E-state index in [2.05, 4.69) is 4.99 Å². The number of fused-ring (bicyclic) bond motifs is 1. The fraction of sp³-hybridized carbons (Fsp3) is 0.269. The number of hydrogen-bond donors (Lipinski definition) is 1. The van der Waals surface area contributed by atoms with Crippen LogP contribution >= 0.6 is 11.3 Å². The second kappa shape index (κ2) is 9.79. The van der Waals surface area contributed by atoms with Crippen LogP contribution in [0.2, 0.25) is 0 Å². The highest BCUT2D eigenvalue weighted by molar-refractivity contribution is 7.07. The number of methoxy groups -OCH3 is 2. The minimum Gasteiger partial charge on any atom is -0.504 e. The average molecular weight is 495 g/mol. The van der Waals surface area contributed by atoms with Crippen LogP contribution in [0.3, 0.4) is 0 Å². The molecule has 3 aromatic rings. The smallest absolute Gasteiger partial charge is 0.338 e. The van der Waals surface area contributed by atoms with Gasteiger partial charge < -0.3 is 19.3 Å². The van der Waals surface area contributed by atoms with Gasteiger partial charge in [0.2, 0.25) is 0 Å². The van der Waals surface area contributed by atoms with Gasteiger partial charge in [-0.2, -0.15) is 0 Å². The molecule has 9 heteroatoms. The van der Waals surface area contributed by atoms with E-state index in [4.69, 9.17) is 14.2 Å². The van der Waals surface area contributed by atoms with Crippen LogP contribution in [0.1, 0.15) is 36.6 Å². The van der Waals surface area contributed by atoms with E-state index in [-0.39, 0.29) is 17.9 Å². The van der Waals surface area contributed by atoms with Crippen molar-refractivity contribution < 1.29 is 24.1 Å². The Balaban J connectivity index is 1.98. The molecule has 2 heterocycles. The summed E-state index contributed by atoms with van der Waals surface area (Å²) in [6.45, 7) is 5.57. The van der Waals surface area contributed by atoms with Gasteiger partial charge in [-0.3, -0.25) is 9.36 Å². The average Bonchev–Trinajstić information content (AvgIpc) is 3.14. The number of esters is 1. The van der Waals surface area contributed by atoms with Crippen molar-refractivity contribution in [2.45, 2.75) is 26.8 Å². The van der Waals surface area contributed by atoms with E-state index in [0.717, 1.165) is 5.56 Å². The molecule has 0 spiro atoms. The summed E-state index contributed by atoms with van der Waals surface area (Å²) < 4.78 is 17.9. The Morgan fingerprint density at radius 3 is 2.60 bits per heavy atom. The number of aromatic nitrogens is 1. The quantitative estimate of drug-likeness (QED) is 0.529. The highest BCUT2D eigenvalue weighted by Crippen LogP contribution is 2.34. The molecule has 1 aliphatic rings. The van der Waals surface area contributed by atoms with Gasteiger partial charge in [0.1, 0.15) is 5.75 Å². The first kappa shape index (κ1) is 24.3. The van der Waals surface area contributed by atoms with Gasteiger partial charge in [-0.1, -0.05) is 35.6 Å². The third kappa shape index (κ3) is 4.35. The molecule has 182 valence electrons. The van der Waals surface area contributed by atoms with Crippen molar-refractivity contribution in [3.8, 4) is 17.2 Å². The Bertz CT molecular complexity index is 1520. The normalized spacial score (nSPS) is 15.5. The van der Waals surface area contributed by atoms with E-state index < -0.39 is 12.0 Å². The van der Waals surface area contributed by atoms with Crippen LogP contribution in [0.5, 0.6) is 17.2 Å². The largest absolute Gasteiger partial charge is 0.504 e. The maximum Gasteiger partial charge on any atom is 0.338 e. The first-order valence-electron chi connectivity index (χ1n) is 11.0. The summed E-state index contributed by atoms with van der Waals surface area (Å²) in [6, 6.07) is 9.87. The predicted octanol–water partition coefficient (Wildman–Crippen LogP) is 2.83. The van der Waals surface area contributed by atoms with Crippen LogP contribution in [0.15, 0.2) is 57.5 Å². The molecule has 0 bridgehead atoms. The van der Waals surface area contributed by atoms with Crippen LogP contribution in [0.25, 0.3) is 6.08 Å². The van der Waals surface area contributed by atoms with Gasteiger partial charge >= 0.3 is 5.97 Å². The minimum atomic E-state index is -0.749. The first-order chi connectivity index (χ1) is 16.8. The minimum absolute atomic E-state index is 0.0657. The number of para-hydroxylation sites is 1. The van der Waals surface area contributed by atoms with Crippen LogP contribution in [-0.2, 0) is 9.53 Å². The molecule has 2 aromatic carbocycles. The third-order valence-electron chi connectivity index (χ3n) is 5.80. The topological polar surface area (TPSA) is 99.4 Å². The molecule has 0 fully saturated rings. The summed E-state index contributed by atoms with van der Waals surface area (Å²) in [7, 11) is 3.04. The van der Waals surface area contributed by atoms with Gasteiger partial charge in [0, 0.05) is 5.56 Å². The number of allylic oxidation sites excluding steroid dienone is 1. The molecule has 1 N–H and O–H groups in total. The molecule has 0 saturated heterocycles. The maximum absolute atomic E-state index is 13.7. The zero-order chi connectivity index (χ0) is 25.3. The molecular weight excluding hydrogens is 468 g/mol. The molecule has 0 aliphatic carbocycles. The summed E-state index contributed by atoms with van der Waals surface area (Å²) in [5, 5.41) is 10.5. The number of benzene rings is 2. The lowest BCUT2D eigenvalue weighted by atomic mass is 9.95. The number of rotatable bonds is 6. The van der Waals surface area contributed by atoms with Crippen molar-refractivity contribution in [2.24, 2.45) is 4.99 Å². The molecule has 0 saturated carbocycles. The van der Waals surface area contributed by atoms with E-state index in [1.54, 1.807) is 45.2 Å². The molecule has 0 radical (unpaired) electrons. The number of aromatic hydroxyl groups is 1. The molecular formula is C26H26N2O6S. The van der Waals surface area contributed by atoms with Crippen molar-refractivity contribution in [1.82, 2.24) is 4.57 Å². The van der Waals surface area contributed by atoms with Gasteiger partial charge in [0.25, 0.3) is 5.56 Å². The van der Waals surface area contributed by atoms with Crippen LogP contribution in [0, 0.1) is 6.92 Å². The SMILES string of the molecule is CCOC(=O)C1=C(C)N=c2s/c(=C/c3cccc(OC)c3O)c(=O)n2[C@H]1c1ccc(C)c(OC)c1. The molecule has 0 amide bonds. The van der Waals surface area contributed by atoms with Gasteiger partial charge in [-0.15, -0.1) is 0 Å². The summed E-state index contributed by atoms with van der Waals surface area (Å²) in [6.07, 6.45) is 1.60. The molecule has 1 aliphatic heterocycles.